The number of carbonyl (C=O) groups is 4. The summed E-state index contributed by atoms with van der Waals surface area (Å²) in [5.41, 5.74) is 15.7. The van der Waals surface area contributed by atoms with Crippen LogP contribution in [0.4, 0.5) is 31.4 Å². The van der Waals surface area contributed by atoms with Crippen molar-refractivity contribution < 1.29 is 49.2 Å². The minimum Gasteiger partial charge on any atom is -0.465 e. The van der Waals surface area contributed by atoms with Crippen LogP contribution < -0.4 is 30.1 Å². The highest BCUT2D eigenvalue weighted by atomic mass is 32.2. The minimum atomic E-state index is -4.24. The van der Waals surface area contributed by atoms with Crippen molar-refractivity contribution in [1.29, 1.82) is 5.26 Å². The Balaban J connectivity index is 0.859. The monoisotopic (exact) mass is 1180 g/mol. The largest absolute Gasteiger partial charge is 0.465 e. The summed E-state index contributed by atoms with van der Waals surface area (Å²) in [5, 5.41) is 18.5. The standard InChI is InChI=1S/C61H66N8O11S3/c1-80-58(70)38-15-13-37(14-16-38)34-83(78,79)67-59(71)63-55-43-7-3-6-40(43)30-51-45(21-23-49(51)55)48-20-18-42-31-52-46(22-24-50(52)57(54(42)48)65-61(73)68-82(76,77)33-36-11-9-35(32-62)10-12-36)47-19-17-41-29-39-5-2-8-44(39)56(53(41)47)64-60(72)66-81(74,75)28-27-69-25-4-26-69/h9-16,29-31,45-48H,2-8,17-28,33-34H2,1H3,(H2,63,67,71)(H2,64,66,72)(H2,65,68,73). The SMILES string of the molecule is COC(=O)c1ccc(CS(=O)(=O)NC(=O)Nc2c3c(cc4c2CCC4C2CCc4cc5c(c(NC(=O)NS(=O)(=O)Cc6ccc(C#N)cc6)c42)CCC5C2CCc4cc5c(c(NC(=O)NS(=O)(=O)CCN6CCC6)c42)CCC5)CCC3)cc1. The molecule has 1 fully saturated rings. The number of benzene rings is 5. The summed E-state index contributed by atoms with van der Waals surface area (Å²) in [6.07, 6.45) is 11.4. The number of ether oxygens (including phenoxy) is 1. The van der Waals surface area contributed by atoms with Crippen LogP contribution in [-0.4, -0.2) is 86.7 Å². The van der Waals surface area contributed by atoms with Crippen LogP contribution in [0, 0.1) is 11.3 Å². The number of esters is 1. The number of sulfonamides is 3. The van der Waals surface area contributed by atoms with Gasteiger partial charge in [0.05, 0.1) is 41.6 Å². The van der Waals surface area contributed by atoms with Crippen LogP contribution in [0.3, 0.4) is 0 Å². The van der Waals surface area contributed by atoms with Crippen molar-refractivity contribution in [3.63, 3.8) is 0 Å². The second-order valence-corrected chi connectivity index (χ2v) is 28.6. The van der Waals surface area contributed by atoms with Crippen LogP contribution >= 0.6 is 0 Å². The summed E-state index contributed by atoms with van der Waals surface area (Å²) in [6.45, 7) is 2.03. The van der Waals surface area contributed by atoms with E-state index in [1.807, 2.05) is 11.0 Å². The molecule has 0 saturated carbocycles. The number of carbonyl (C=O) groups excluding carboxylic acids is 4. The van der Waals surface area contributed by atoms with E-state index in [2.05, 4.69) is 48.3 Å². The van der Waals surface area contributed by atoms with E-state index in [1.54, 1.807) is 12.1 Å². The van der Waals surface area contributed by atoms with Crippen molar-refractivity contribution >= 4 is 71.2 Å². The highest BCUT2D eigenvalue weighted by Gasteiger charge is 2.45. The molecule has 6 amide bonds. The third-order valence-electron chi connectivity index (χ3n) is 18.3. The molecule has 5 aromatic rings. The van der Waals surface area contributed by atoms with Crippen LogP contribution in [0.25, 0.3) is 0 Å². The smallest absolute Gasteiger partial charge is 0.337 e. The topological polar surface area (TPSA) is 279 Å². The molecule has 1 saturated heterocycles. The van der Waals surface area contributed by atoms with Crippen molar-refractivity contribution in [2.75, 3.05) is 48.4 Å². The predicted octanol–water partition coefficient (Wildman–Crippen LogP) is 8.30. The van der Waals surface area contributed by atoms with E-state index >= 15 is 0 Å². The van der Waals surface area contributed by atoms with Crippen molar-refractivity contribution in [3.8, 4) is 6.07 Å². The van der Waals surface area contributed by atoms with Crippen LogP contribution in [0.1, 0.15) is 162 Å². The number of fused-ring (bicyclic) bond motifs is 6. The van der Waals surface area contributed by atoms with E-state index in [9.17, 15) is 49.7 Å². The maximum atomic E-state index is 14.4. The Labute approximate surface area is 483 Å². The third-order valence-corrected chi connectivity index (χ3v) is 21.9. The summed E-state index contributed by atoms with van der Waals surface area (Å²) in [6, 6.07) is 18.3. The van der Waals surface area contributed by atoms with E-state index in [1.165, 1.54) is 43.5 Å². The third kappa shape index (κ3) is 11.4. The van der Waals surface area contributed by atoms with Gasteiger partial charge in [0.1, 0.15) is 0 Å². The van der Waals surface area contributed by atoms with E-state index < -0.39 is 65.6 Å². The van der Waals surface area contributed by atoms with Gasteiger partial charge < -0.3 is 25.6 Å². The number of anilines is 3. The first-order valence-electron chi connectivity index (χ1n) is 28.7. The van der Waals surface area contributed by atoms with Crippen molar-refractivity contribution in [2.45, 2.75) is 131 Å². The lowest BCUT2D eigenvalue weighted by Crippen LogP contribution is -2.43. The molecule has 7 aliphatic rings. The van der Waals surface area contributed by atoms with Gasteiger partial charge in [0, 0.05) is 23.6 Å². The fourth-order valence-corrected chi connectivity index (χ4v) is 17.6. The molecule has 1 aliphatic heterocycles. The lowest BCUT2D eigenvalue weighted by Gasteiger charge is -2.30. The molecule has 4 atom stereocenters. The van der Waals surface area contributed by atoms with Crippen molar-refractivity contribution in [3.05, 3.63) is 156 Å². The first-order chi connectivity index (χ1) is 39.8. The van der Waals surface area contributed by atoms with Gasteiger partial charge in [-0.2, -0.15) is 5.26 Å². The van der Waals surface area contributed by atoms with E-state index in [0.29, 0.717) is 78.8 Å². The van der Waals surface area contributed by atoms with Gasteiger partial charge in [0.2, 0.25) is 30.1 Å². The van der Waals surface area contributed by atoms with Gasteiger partial charge in [-0.05, 0) is 235 Å². The van der Waals surface area contributed by atoms with Gasteiger partial charge >= 0.3 is 24.1 Å². The maximum Gasteiger partial charge on any atom is 0.337 e. The number of hydrogen-bond donors (Lipinski definition) is 6. The molecule has 434 valence electrons. The zero-order valence-corrected chi connectivity index (χ0v) is 48.6. The Kier molecular flexibility index (Phi) is 15.1. The van der Waals surface area contributed by atoms with Crippen LogP contribution in [0.2, 0.25) is 0 Å². The van der Waals surface area contributed by atoms with Crippen LogP contribution in [0.5, 0.6) is 0 Å². The number of nitrogens with zero attached hydrogens (tertiary/aromatic N) is 2. The number of likely N-dealkylation sites (tertiary alicyclic amines) is 1. The normalized spacial score (nSPS) is 20.1. The fourth-order valence-electron chi connectivity index (χ4n) is 14.6. The maximum absolute atomic E-state index is 14.4. The Morgan fingerprint density at radius 1 is 0.530 bits per heavy atom. The molecule has 4 unspecified atom stereocenters. The highest BCUT2D eigenvalue weighted by molar-refractivity contribution is 7.90. The van der Waals surface area contributed by atoms with Gasteiger partial charge in [-0.25, -0.2) is 58.6 Å². The Morgan fingerprint density at radius 3 is 1.52 bits per heavy atom. The number of urea groups is 3. The molecular formula is C61H66N8O11S3. The Hall–Kier alpha value is -7.32. The number of nitriles is 1. The molecule has 1 heterocycles. The van der Waals surface area contributed by atoms with Gasteiger partial charge in [-0.3, -0.25) is 0 Å². The molecule has 0 radical (unpaired) electrons. The summed E-state index contributed by atoms with van der Waals surface area (Å²) in [5.74, 6) is -2.04. The Morgan fingerprint density at radius 2 is 0.988 bits per heavy atom. The molecule has 0 spiro atoms. The fraction of sp³-hybridized carbons (Fsp3) is 0.426. The van der Waals surface area contributed by atoms with Gasteiger partial charge in [-0.15, -0.1) is 0 Å². The average molecular weight is 1180 g/mol. The summed E-state index contributed by atoms with van der Waals surface area (Å²) in [7, 11) is -11.1. The molecule has 22 heteroatoms. The van der Waals surface area contributed by atoms with Crippen molar-refractivity contribution in [2.24, 2.45) is 0 Å². The zero-order chi connectivity index (χ0) is 58.0. The number of aryl methyl sites for hydroxylation is 4. The molecule has 5 aromatic carbocycles. The molecule has 6 N–H and O–H groups in total. The number of amides is 6. The summed E-state index contributed by atoms with van der Waals surface area (Å²) in [4.78, 5) is 56.0. The lowest BCUT2D eigenvalue weighted by atomic mass is 9.79. The van der Waals surface area contributed by atoms with E-state index in [4.69, 9.17) is 4.74 Å². The van der Waals surface area contributed by atoms with E-state index in [-0.39, 0.29) is 35.0 Å². The number of rotatable bonds is 16. The predicted molar refractivity (Wildman–Crippen MR) is 313 cm³/mol. The first kappa shape index (κ1) is 56.2. The molecule has 83 heavy (non-hydrogen) atoms. The quantitative estimate of drug-likeness (QED) is 0.0508. The molecule has 19 nitrogen and oxygen atoms in total. The number of nitrogens with one attached hydrogen (secondary N) is 6. The number of hydrogen-bond acceptors (Lipinski definition) is 13. The lowest BCUT2D eigenvalue weighted by molar-refractivity contribution is 0.0600. The first-order valence-corrected chi connectivity index (χ1v) is 33.7. The van der Waals surface area contributed by atoms with Gasteiger partial charge in [-0.1, -0.05) is 42.5 Å². The molecule has 0 bridgehead atoms. The van der Waals surface area contributed by atoms with Gasteiger partial charge in [0.25, 0.3) is 0 Å². The van der Waals surface area contributed by atoms with E-state index in [0.717, 1.165) is 138 Å². The minimum absolute atomic E-state index is 0.0480. The number of methoxy groups -OCH3 is 1. The van der Waals surface area contributed by atoms with Crippen molar-refractivity contribution in [1.82, 2.24) is 19.1 Å². The highest BCUT2D eigenvalue weighted by Crippen LogP contribution is 2.59. The summed E-state index contributed by atoms with van der Waals surface area (Å²) < 4.78 is 92.2. The second-order valence-electron chi connectivity index (χ2n) is 23.3. The average Bonchev–Trinajstić information content (AvgIpc) is 2.24. The zero-order valence-electron chi connectivity index (χ0n) is 46.1. The van der Waals surface area contributed by atoms with Crippen LogP contribution in [0.15, 0.2) is 66.7 Å². The molecule has 6 aliphatic carbocycles. The second kappa shape index (κ2) is 22.4. The molecular weight excluding hydrogens is 1120 g/mol. The molecule has 12 rings (SSSR count). The summed E-state index contributed by atoms with van der Waals surface area (Å²) >= 11 is 0. The molecule has 0 aromatic heterocycles. The Bertz CT molecular complexity index is 3920. The van der Waals surface area contributed by atoms with Gasteiger partial charge in [0.15, 0.2) is 0 Å². The van der Waals surface area contributed by atoms with Crippen LogP contribution in [-0.2, 0) is 97.7 Å².